The predicted octanol–water partition coefficient (Wildman–Crippen LogP) is 5.47. The van der Waals surface area contributed by atoms with Crippen molar-refractivity contribution >= 4 is 46.8 Å². The Balaban J connectivity index is 1.44. The third kappa shape index (κ3) is 5.22. The molecule has 1 aromatic carbocycles. The topological polar surface area (TPSA) is 74.7 Å². The molecule has 38 heavy (non-hydrogen) atoms. The van der Waals surface area contributed by atoms with Crippen molar-refractivity contribution < 1.29 is 13.9 Å². The molecule has 2 saturated heterocycles. The second-order valence-electron chi connectivity index (χ2n) is 9.73. The average Bonchev–Trinajstić information content (AvgIpc) is 3.35. The summed E-state index contributed by atoms with van der Waals surface area (Å²) in [4.78, 5) is 32.7. The maximum Gasteiger partial charge on any atom is 0.339 e. The average molecular weight is 559 g/mol. The maximum absolute atomic E-state index is 13.9. The Hall–Kier alpha value is -3.17. The first kappa shape index (κ1) is 26.4. The van der Waals surface area contributed by atoms with Gasteiger partial charge < -0.3 is 19.4 Å². The molecular weight excluding hydrogens is 530 g/mol. The fourth-order valence-corrected chi connectivity index (χ4v) is 5.58. The number of carbonyl (C=O) groups excluding carboxylic acids is 1. The van der Waals surface area contributed by atoms with Gasteiger partial charge in [-0.3, -0.25) is 0 Å². The van der Waals surface area contributed by atoms with Crippen molar-refractivity contribution in [1.29, 1.82) is 0 Å². The van der Waals surface area contributed by atoms with Crippen LogP contribution in [-0.2, 0) is 4.74 Å². The molecule has 2 fully saturated rings. The van der Waals surface area contributed by atoms with Crippen LogP contribution in [0.2, 0.25) is 10.0 Å². The van der Waals surface area contributed by atoms with Crippen LogP contribution in [0.4, 0.5) is 22.0 Å². The van der Waals surface area contributed by atoms with E-state index in [4.69, 9.17) is 37.9 Å². The number of hydrogen-bond acceptors (Lipinski definition) is 8. The fourth-order valence-electron chi connectivity index (χ4n) is 5.11. The van der Waals surface area contributed by atoms with Gasteiger partial charge >= 0.3 is 5.97 Å². The van der Waals surface area contributed by atoms with Crippen molar-refractivity contribution in [2.24, 2.45) is 0 Å². The highest BCUT2D eigenvalue weighted by Crippen LogP contribution is 2.33. The number of benzene rings is 1. The van der Waals surface area contributed by atoms with E-state index >= 15 is 0 Å². The Morgan fingerprint density at radius 3 is 2.50 bits per heavy atom. The van der Waals surface area contributed by atoms with Gasteiger partial charge in [0.25, 0.3) is 0 Å². The van der Waals surface area contributed by atoms with Crippen molar-refractivity contribution in [2.45, 2.75) is 38.8 Å². The number of piperazine rings is 1. The third-order valence-electron chi connectivity index (χ3n) is 7.19. The van der Waals surface area contributed by atoms with E-state index < -0.39 is 11.8 Å². The number of hydrogen-bond donors (Lipinski definition) is 0. The first-order chi connectivity index (χ1) is 18.2. The zero-order valence-corrected chi connectivity index (χ0v) is 23.0. The summed E-state index contributed by atoms with van der Waals surface area (Å²) in [7, 11) is 1.32. The molecule has 0 aliphatic carbocycles. The van der Waals surface area contributed by atoms with E-state index in [0.29, 0.717) is 53.7 Å². The molecule has 0 saturated carbocycles. The van der Waals surface area contributed by atoms with Crippen LogP contribution in [0.5, 0.6) is 0 Å². The Bertz CT molecular complexity index is 1360. The number of methoxy groups -OCH3 is 1. The standard InChI is InChI=1S/C27H29Cl2FN6O2/c1-16-5-4-8-36(16)27-32-23(18-6-7-22(30)20(28)11-18)13-24(33-27)35-10-9-34(15-17(35)2)25-21(29)12-19(14-31-25)26(37)38-3/h6-7,11-14,16-17H,4-5,8-10,15H2,1-3H3/t16?,17-/m1/s1. The van der Waals surface area contributed by atoms with Crippen molar-refractivity contribution in [3.05, 3.63) is 58.0 Å². The number of halogens is 3. The SMILES string of the molecule is COC(=O)c1cnc(N2CCN(c3cc(-c4ccc(F)c(Cl)c4)nc(N4CCCC4C)n3)[C@H](C)C2)c(Cl)c1. The highest BCUT2D eigenvalue weighted by molar-refractivity contribution is 6.33. The van der Waals surface area contributed by atoms with Gasteiger partial charge in [-0.25, -0.2) is 19.2 Å². The van der Waals surface area contributed by atoms with Crippen LogP contribution in [0.15, 0.2) is 36.5 Å². The van der Waals surface area contributed by atoms with E-state index in [0.717, 1.165) is 30.8 Å². The zero-order chi connectivity index (χ0) is 27.0. The van der Waals surface area contributed by atoms with Crippen molar-refractivity contribution in [3.63, 3.8) is 0 Å². The van der Waals surface area contributed by atoms with E-state index in [1.807, 2.05) is 6.07 Å². The molecule has 0 bridgehead atoms. The Morgan fingerprint density at radius 2 is 1.84 bits per heavy atom. The van der Waals surface area contributed by atoms with E-state index in [-0.39, 0.29) is 11.1 Å². The molecule has 11 heteroatoms. The molecule has 0 spiro atoms. The van der Waals surface area contributed by atoms with Crippen molar-refractivity contribution in [1.82, 2.24) is 15.0 Å². The largest absolute Gasteiger partial charge is 0.465 e. The Morgan fingerprint density at radius 1 is 1.03 bits per heavy atom. The number of rotatable bonds is 5. The second kappa shape index (κ2) is 10.9. The fraction of sp³-hybridized carbons (Fsp3) is 0.407. The van der Waals surface area contributed by atoms with E-state index in [1.165, 1.54) is 19.4 Å². The molecule has 4 heterocycles. The van der Waals surface area contributed by atoms with Crippen LogP contribution in [-0.4, -0.2) is 66.3 Å². The lowest BCUT2D eigenvalue weighted by molar-refractivity contribution is 0.0600. The van der Waals surface area contributed by atoms with Gasteiger partial charge in [0.05, 0.1) is 28.4 Å². The number of esters is 1. The smallest absolute Gasteiger partial charge is 0.339 e. The summed E-state index contributed by atoms with van der Waals surface area (Å²) >= 11 is 12.6. The van der Waals surface area contributed by atoms with Crippen molar-refractivity contribution in [3.8, 4) is 11.3 Å². The van der Waals surface area contributed by atoms with Gasteiger partial charge in [-0.1, -0.05) is 23.2 Å². The lowest BCUT2D eigenvalue weighted by Gasteiger charge is -2.41. The van der Waals surface area contributed by atoms with Gasteiger partial charge in [0.1, 0.15) is 17.5 Å². The zero-order valence-electron chi connectivity index (χ0n) is 21.5. The van der Waals surface area contributed by atoms with Crippen LogP contribution in [0.3, 0.4) is 0 Å². The molecule has 2 atom stereocenters. The molecule has 2 aromatic heterocycles. The summed E-state index contributed by atoms with van der Waals surface area (Å²) in [6.07, 6.45) is 3.66. The van der Waals surface area contributed by atoms with E-state index in [9.17, 15) is 9.18 Å². The van der Waals surface area contributed by atoms with Gasteiger partial charge in [-0.05, 0) is 51.0 Å². The summed E-state index contributed by atoms with van der Waals surface area (Å²) in [6.45, 7) is 7.18. The summed E-state index contributed by atoms with van der Waals surface area (Å²) in [6, 6.07) is 8.60. The molecule has 8 nitrogen and oxygen atoms in total. The summed E-state index contributed by atoms with van der Waals surface area (Å²) in [5, 5.41) is 0.458. The minimum Gasteiger partial charge on any atom is -0.465 e. The highest BCUT2D eigenvalue weighted by atomic mass is 35.5. The lowest BCUT2D eigenvalue weighted by Crippen LogP contribution is -2.52. The molecule has 5 rings (SSSR count). The van der Waals surface area contributed by atoms with Gasteiger partial charge in [0.15, 0.2) is 0 Å². The third-order valence-corrected chi connectivity index (χ3v) is 7.76. The molecule has 3 aromatic rings. The normalized spacial score (nSPS) is 19.7. The predicted molar refractivity (Wildman–Crippen MR) is 148 cm³/mol. The molecule has 2 aliphatic heterocycles. The monoisotopic (exact) mass is 558 g/mol. The van der Waals surface area contributed by atoms with Gasteiger partial charge in [0.2, 0.25) is 5.95 Å². The highest BCUT2D eigenvalue weighted by Gasteiger charge is 2.30. The molecule has 1 unspecified atom stereocenters. The molecule has 0 N–H and O–H groups in total. The first-order valence-electron chi connectivity index (χ1n) is 12.6. The van der Waals surface area contributed by atoms with Crippen molar-refractivity contribution in [2.75, 3.05) is 48.0 Å². The van der Waals surface area contributed by atoms with Gasteiger partial charge in [0, 0.05) is 56.1 Å². The van der Waals surface area contributed by atoms with Crippen LogP contribution >= 0.6 is 23.2 Å². The Kier molecular flexibility index (Phi) is 7.59. The second-order valence-corrected chi connectivity index (χ2v) is 10.5. The molecular formula is C27H29Cl2FN6O2. The quantitative estimate of drug-likeness (QED) is 0.381. The maximum atomic E-state index is 13.9. The van der Waals surface area contributed by atoms with Crippen LogP contribution in [0.1, 0.15) is 37.0 Å². The number of aromatic nitrogens is 3. The first-order valence-corrected chi connectivity index (χ1v) is 13.4. The van der Waals surface area contributed by atoms with Crippen LogP contribution in [0.25, 0.3) is 11.3 Å². The van der Waals surface area contributed by atoms with Crippen LogP contribution < -0.4 is 14.7 Å². The Labute approximate surface area is 231 Å². The summed E-state index contributed by atoms with van der Waals surface area (Å²) < 4.78 is 18.6. The summed E-state index contributed by atoms with van der Waals surface area (Å²) in [5.74, 6) is 1.16. The molecule has 0 radical (unpaired) electrons. The minimum absolute atomic E-state index is 0.0586. The summed E-state index contributed by atoms with van der Waals surface area (Å²) in [5.41, 5.74) is 1.75. The molecule has 0 amide bonds. The van der Waals surface area contributed by atoms with E-state index in [1.54, 1.807) is 18.2 Å². The van der Waals surface area contributed by atoms with Gasteiger partial charge in [-0.2, -0.15) is 4.98 Å². The number of nitrogens with zero attached hydrogens (tertiary/aromatic N) is 6. The minimum atomic E-state index is -0.478. The molecule has 2 aliphatic rings. The molecule has 200 valence electrons. The lowest BCUT2D eigenvalue weighted by atomic mass is 10.1. The van der Waals surface area contributed by atoms with E-state index in [2.05, 4.69) is 33.5 Å². The number of anilines is 3. The van der Waals surface area contributed by atoms with Crippen LogP contribution in [0, 0.1) is 5.82 Å². The number of ether oxygens (including phenoxy) is 1. The number of carbonyl (C=O) groups is 1. The number of pyridine rings is 1. The van der Waals surface area contributed by atoms with Gasteiger partial charge in [-0.15, -0.1) is 0 Å².